The lowest BCUT2D eigenvalue weighted by Crippen LogP contribution is -2.67. The molecule has 2 rings (SSSR count). The second-order valence-electron chi connectivity index (χ2n) is 10.6. The highest BCUT2D eigenvalue weighted by molar-refractivity contribution is 5.69. The van der Waals surface area contributed by atoms with E-state index >= 15 is 0 Å². The maximum Gasteiger partial charge on any atom is 0.306 e. The first-order valence-electron chi connectivity index (χ1n) is 12.7. The van der Waals surface area contributed by atoms with E-state index in [0.717, 1.165) is 12.0 Å². The zero-order chi connectivity index (χ0) is 26.4. The maximum absolute atomic E-state index is 12.7. The Morgan fingerprint density at radius 2 is 1.89 bits per heavy atom. The molecule has 0 aromatic rings. The molecule has 2 fully saturated rings. The number of aliphatic hydroxyl groups is 4. The number of hydrogen-bond acceptors (Lipinski definition) is 9. The summed E-state index contributed by atoms with van der Waals surface area (Å²) in [5.74, 6) is -2.47. The lowest BCUT2D eigenvalue weighted by molar-refractivity contribution is -0.377. The summed E-state index contributed by atoms with van der Waals surface area (Å²) in [4.78, 5) is 12.7. The fourth-order valence-corrected chi connectivity index (χ4v) is 5.05. The van der Waals surface area contributed by atoms with Crippen molar-refractivity contribution in [3.05, 3.63) is 11.6 Å². The third-order valence-corrected chi connectivity index (χ3v) is 7.90. The number of aliphatic hydroxyl groups excluding tert-OH is 3. The number of cyclic esters (lactones) is 1. The Balaban J connectivity index is 2.40. The summed E-state index contributed by atoms with van der Waals surface area (Å²) in [5, 5.41) is 43.5. The van der Waals surface area contributed by atoms with Crippen LogP contribution in [0.3, 0.4) is 0 Å². The van der Waals surface area contributed by atoms with E-state index in [2.05, 4.69) is 0 Å². The molecule has 2 bridgehead atoms. The Labute approximate surface area is 209 Å². The van der Waals surface area contributed by atoms with Gasteiger partial charge in [0.05, 0.1) is 24.4 Å². The van der Waals surface area contributed by atoms with Crippen LogP contribution in [0.5, 0.6) is 0 Å². The van der Waals surface area contributed by atoms with Crippen LogP contribution >= 0.6 is 0 Å². The lowest BCUT2D eigenvalue weighted by Gasteiger charge is -2.53. The van der Waals surface area contributed by atoms with Crippen LogP contribution in [0.15, 0.2) is 11.6 Å². The van der Waals surface area contributed by atoms with E-state index < -0.39 is 47.8 Å². The first-order valence-corrected chi connectivity index (χ1v) is 12.7. The van der Waals surface area contributed by atoms with Gasteiger partial charge >= 0.3 is 5.97 Å². The third-order valence-electron chi connectivity index (χ3n) is 7.90. The standard InChI is InChI=1S/C26H46O9/c1-7-17(15-27)11-16(2)20-13-19(32-5)14-22(28)25(3,4)26(31)24(30)21(33-6)12-18(35-26)9-8-10-23(29)34-20/h11,17-22,24,27-28,30-31H,7-10,12-15H2,1-6H3/b16-11-/t17?,18-,19+,20-,21+,22-,24+,26?/m0/s1. The molecule has 0 amide bonds. The molecule has 0 spiro atoms. The number of rotatable bonds is 6. The smallest absolute Gasteiger partial charge is 0.306 e. The molecule has 0 aromatic carbocycles. The molecule has 0 radical (unpaired) electrons. The van der Waals surface area contributed by atoms with E-state index in [0.29, 0.717) is 25.7 Å². The van der Waals surface area contributed by atoms with Crippen molar-refractivity contribution in [3.63, 3.8) is 0 Å². The molecule has 9 nitrogen and oxygen atoms in total. The van der Waals surface area contributed by atoms with Gasteiger partial charge in [-0.1, -0.05) is 26.8 Å². The molecule has 0 aliphatic carbocycles. The van der Waals surface area contributed by atoms with E-state index in [1.54, 1.807) is 13.8 Å². The number of methoxy groups -OCH3 is 2. The van der Waals surface area contributed by atoms with Crippen molar-refractivity contribution < 1.29 is 44.2 Å². The van der Waals surface area contributed by atoms with E-state index in [1.165, 1.54) is 14.2 Å². The highest BCUT2D eigenvalue weighted by Crippen LogP contribution is 2.46. The molecule has 2 unspecified atom stereocenters. The minimum atomic E-state index is -2.07. The van der Waals surface area contributed by atoms with Crippen LogP contribution in [0.25, 0.3) is 0 Å². The van der Waals surface area contributed by atoms with Gasteiger partial charge in [-0.05, 0) is 31.8 Å². The quantitative estimate of drug-likeness (QED) is 0.318. The minimum Gasteiger partial charge on any atom is -0.458 e. The van der Waals surface area contributed by atoms with Gasteiger partial charge in [-0.25, -0.2) is 0 Å². The monoisotopic (exact) mass is 502 g/mol. The van der Waals surface area contributed by atoms with Gasteiger partial charge in [0.25, 0.3) is 0 Å². The number of esters is 1. The predicted molar refractivity (Wildman–Crippen MR) is 129 cm³/mol. The topological polar surface area (TPSA) is 135 Å². The Kier molecular flexibility index (Phi) is 11.2. The van der Waals surface area contributed by atoms with Gasteiger partial charge in [0.2, 0.25) is 5.79 Å². The molecule has 35 heavy (non-hydrogen) atoms. The van der Waals surface area contributed by atoms with Crippen LogP contribution < -0.4 is 0 Å². The van der Waals surface area contributed by atoms with Crippen molar-refractivity contribution in [2.75, 3.05) is 20.8 Å². The summed E-state index contributed by atoms with van der Waals surface area (Å²) in [5.41, 5.74) is -0.455. The summed E-state index contributed by atoms with van der Waals surface area (Å²) in [7, 11) is 2.98. The van der Waals surface area contributed by atoms with Crippen molar-refractivity contribution in [2.24, 2.45) is 11.3 Å². The number of carbonyl (C=O) groups excluding carboxylic acids is 1. The summed E-state index contributed by atoms with van der Waals surface area (Å²) in [6.45, 7) is 7.16. The molecule has 0 saturated carbocycles. The summed E-state index contributed by atoms with van der Waals surface area (Å²) in [6.07, 6.45) is -0.194. The zero-order valence-corrected chi connectivity index (χ0v) is 22.1. The molecular formula is C26H46O9. The average molecular weight is 503 g/mol. The van der Waals surface area contributed by atoms with Gasteiger partial charge < -0.3 is 39.4 Å². The first kappa shape index (κ1) is 30.2. The second-order valence-corrected chi connectivity index (χ2v) is 10.6. The van der Waals surface area contributed by atoms with Crippen LogP contribution in [-0.2, 0) is 23.7 Å². The van der Waals surface area contributed by atoms with Gasteiger partial charge in [0.15, 0.2) is 0 Å². The molecular weight excluding hydrogens is 456 g/mol. The fourth-order valence-electron chi connectivity index (χ4n) is 5.05. The highest BCUT2D eigenvalue weighted by atomic mass is 16.7. The Hall–Kier alpha value is -1.07. The van der Waals surface area contributed by atoms with Crippen LogP contribution in [0, 0.1) is 11.3 Å². The molecule has 2 saturated heterocycles. The maximum atomic E-state index is 12.7. The normalized spacial score (nSPS) is 38.3. The number of fused-ring (bicyclic) bond motifs is 2. The van der Waals surface area contributed by atoms with Gasteiger partial charge in [-0.15, -0.1) is 0 Å². The van der Waals surface area contributed by atoms with Crippen molar-refractivity contribution in [2.45, 2.75) is 115 Å². The SMILES string of the molecule is CCC(/C=C(/C)[C@@H]1C[C@@H](OC)C[C@H](O)C(C)(C)C2(O)O[C@@H](CCCC(=O)O1)C[C@@H](OC)[C@H]2O)CO. The molecule has 2 aliphatic heterocycles. The van der Waals surface area contributed by atoms with Crippen LogP contribution in [0.1, 0.15) is 72.6 Å². The van der Waals surface area contributed by atoms with E-state index in [1.807, 2.05) is 19.9 Å². The van der Waals surface area contributed by atoms with E-state index in [9.17, 15) is 25.2 Å². The van der Waals surface area contributed by atoms with Gasteiger partial charge in [0.1, 0.15) is 12.2 Å². The summed E-state index contributed by atoms with van der Waals surface area (Å²) in [6, 6.07) is 0. The minimum absolute atomic E-state index is 0.000117. The largest absolute Gasteiger partial charge is 0.458 e. The molecule has 4 N–H and O–H groups in total. The molecule has 9 heteroatoms. The number of hydrogen-bond donors (Lipinski definition) is 4. The molecule has 8 atom stereocenters. The van der Waals surface area contributed by atoms with Crippen molar-refractivity contribution in [3.8, 4) is 0 Å². The van der Waals surface area contributed by atoms with Crippen LogP contribution in [-0.4, -0.2) is 89.6 Å². The zero-order valence-electron chi connectivity index (χ0n) is 22.1. The number of ether oxygens (including phenoxy) is 4. The average Bonchev–Trinajstić information content (AvgIpc) is 2.82. The van der Waals surface area contributed by atoms with Crippen molar-refractivity contribution >= 4 is 5.97 Å². The Bertz CT molecular complexity index is 705. The molecule has 0 aromatic heterocycles. The first-order chi connectivity index (χ1) is 16.4. The van der Waals surface area contributed by atoms with Gasteiger partial charge in [0, 0.05) is 57.8 Å². The van der Waals surface area contributed by atoms with Crippen molar-refractivity contribution in [1.29, 1.82) is 0 Å². The second kappa shape index (κ2) is 12.9. The fraction of sp³-hybridized carbons (Fsp3) is 0.885. The number of carbonyl (C=O) groups is 1. The van der Waals surface area contributed by atoms with E-state index in [-0.39, 0.29) is 31.3 Å². The van der Waals surface area contributed by atoms with Gasteiger partial charge in [-0.3, -0.25) is 4.79 Å². The lowest BCUT2D eigenvalue weighted by atomic mass is 9.70. The van der Waals surface area contributed by atoms with Crippen LogP contribution in [0.4, 0.5) is 0 Å². The summed E-state index contributed by atoms with van der Waals surface area (Å²) >= 11 is 0. The molecule has 204 valence electrons. The highest BCUT2D eigenvalue weighted by Gasteiger charge is 2.60. The third kappa shape index (κ3) is 7.03. The molecule has 2 aliphatic rings. The Morgan fingerprint density at radius 3 is 2.46 bits per heavy atom. The van der Waals surface area contributed by atoms with Crippen molar-refractivity contribution in [1.82, 2.24) is 0 Å². The predicted octanol–water partition coefficient (Wildman–Crippen LogP) is 2.08. The van der Waals surface area contributed by atoms with Gasteiger partial charge in [-0.2, -0.15) is 0 Å². The van der Waals surface area contributed by atoms with Crippen LogP contribution in [0.2, 0.25) is 0 Å². The molecule has 2 heterocycles. The van der Waals surface area contributed by atoms with E-state index in [4.69, 9.17) is 18.9 Å². The Morgan fingerprint density at radius 1 is 1.20 bits per heavy atom. The summed E-state index contributed by atoms with van der Waals surface area (Å²) < 4.78 is 23.0.